The Kier molecular flexibility index (Phi) is 2.22. The third-order valence-electron chi connectivity index (χ3n) is 1.60. The first-order valence-corrected chi connectivity index (χ1v) is 5.62. The minimum atomic E-state index is 0.381. The van der Waals surface area contributed by atoms with E-state index in [4.69, 9.17) is 0 Å². The summed E-state index contributed by atoms with van der Waals surface area (Å²) in [7, 11) is 0. The molecule has 12 heavy (non-hydrogen) atoms. The van der Waals surface area contributed by atoms with E-state index >= 15 is 0 Å². The molecule has 0 bridgehead atoms. The average molecular weight is 308 g/mol. The van der Waals surface area contributed by atoms with Crippen LogP contribution in [0.4, 0.5) is 0 Å². The Morgan fingerprint density at radius 3 is 2.92 bits per heavy atom. The average Bonchev–Trinajstić information content (AvgIpc) is 2.31. The van der Waals surface area contributed by atoms with Crippen LogP contribution in [0, 0.1) is 2.88 Å². The van der Waals surface area contributed by atoms with Gasteiger partial charge in [0.05, 0.1) is 0 Å². The molecule has 1 N–H and O–H groups in total. The van der Waals surface area contributed by atoms with Crippen LogP contribution in [0.2, 0.25) is 0 Å². The fraction of sp³-hybridized carbons (Fsp3) is 0. The van der Waals surface area contributed by atoms with Crippen molar-refractivity contribution in [1.29, 1.82) is 0 Å². The van der Waals surface area contributed by atoms with E-state index in [1.807, 2.05) is 18.2 Å². The van der Waals surface area contributed by atoms with Crippen LogP contribution in [0.25, 0.3) is 10.1 Å². The smallest absolute Gasteiger partial charge is 0.147 e. The molecule has 0 atom stereocenters. The molecular weight excluding hydrogens is 303 g/mol. The van der Waals surface area contributed by atoms with Crippen molar-refractivity contribution in [2.45, 2.75) is 4.90 Å². The van der Waals surface area contributed by atoms with E-state index in [-0.39, 0.29) is 0 Å². The summed E-state index contributed by atoms with van der Waals surface area (Å²) >= 11 is 7.93. The van der Waals surface area contributed by atoms with Gasteiger partial charge < -0.3 is 5.11 Å². The van der Waals surface area contributed by atoms with Crippen LogP contribution in [0.3, 0.4) is 0 Å². The highest BCUT2D eigenvalue weighted by atomic mass is 127. The predicted octanol–water partition coefficient (Wildman–Crippen LogP) is 3.50. The van der Waals surface area contributed by atoms with E-state index in [9.17, 15) is 5.11 Å². The monoisotopic (exact) mass is 308 g/mol. The molecule has 0 aliphatic carbocycles. The second-order valence-corrected chi connectivity index (χ2v) is 5.78. The Bertz CT molecular complexity index is 436. The standard InChI is InChI=1S/C8H5IOS2/c9-8-7(10)5-3-4(11)1-2-6(5)12-8/h1-3,10-11H. The fourth-order valence-electron chi connectivity index (χ4n) is 1.04. The first kappa shape index (κ1) is 8.65. The van der Waals surface area contributed by atoms with E-state index in [2.05, 4.69) is 35.2 Å². The molecule has 1 aromatic heterocycles. The number of thiol groups is 1. The van der Waals surface area contributed by atoms with E-state index in [1.165, 1.54) is 0 Å². The summed E-state index contributed by atoms with van der Waals surface area (Å²) in [5.74, 6) is 0.381. The van der Waals surface area contributed by atoms with Gasteiger partial charge in [0.25, 0.3) is 0 Å². The number of fused-ring (bicyclic) bond motifs is 1. The van der Waals surface area contributed by atoms with Crippen LogP contribution >= 0.6 is 46.6 Å². The third kappa shape index (κ3) is 1.31. The SMILES string of the molecule is Oc1c(I)sc2ccc(S)cc12. The zero-order chi connectivity index (χ0) is 8.72. The van der Waals surface area contributed by atoms with Crippen molar-refractivity contribution in [2.24, 2.45) is 0 Å². The van der Waals surface area contributed by atoms with Crippen molar-refractivity contribution in [3.05, 3.63) is 21.1 Å². The summed E-state index contributed by atoms with van der Waals surface area (Å²) in [6.07, 6.45) is 0. The van der Waals surface area contributed by atoms with Crippen LogP contribution in [0.5, 0.6) is 5.75 Å². The maximum absolute atomic E-state index is 9.59. The van der Waals surface area contributed by atoms with Gasteiger partial charge in [-0.15, -0.1) is 24.0 Å². The lowest BCUT2D eigenvalue weighted by molar-refractivity contribution is 0.480. The number of aromatic hydroxyl groups is 1. The van der Waals surface area contributed by atoms with Crippen molar-refractivity contribution in [1.82, 2.24) is 0 Å². The highest BCUT2D eigenvalue weighted by Gasteiger charge is 2.07. The van der Waals surface area contributed by atoms with E-state index < -0.39 is 0 Å². The van der Waals surface area contributed by atoms with Crippen molar-refractivity contribution < 1.29 is 5.11 Å². The zero-order valence-corrected chi connectivity index (χ0v) is 9.78. The van der Waals surface area contributed by atoms with Gasteiger partial charge in [-0.1, -0.05) is 0 Å². The van der Waals surface area contributed by atoms with E-state index in [0.29, 0.717) is 5.75 Å². The van der Waals surface area contributed by atoms with Crippen molar-refractivity contribution in [3.63, 3.8) is 0 Å². The van der Waals surface area contributed by atoms with Crippen LogP contribution in [0.1, 0.15) is 0 Å². The highest BCUT2D eigenvalue weighted by molar-refractivity contribution is 14.1. The number of rotatable bonds is 0. The molecule has 0 unspecified atom stereocenters. The largest absolute Gasteiger partial charge is 0.505 e. The van der Waals surface area contributed by atoms with Gasteiger partial charge in [0.1, 0.15) is 8.63 Å². The number of thiophene rings is 1. The molecule has 62 valence electrons. The normalized spacial score (nSPS) is 10.8. The van der Waals surface area contributed by atoms with Crippen molar-refractivity contribution >= 4 is 56.6 Å². The zero-order valence-electron chi connectivity index (χ0n) is 5.91. The minimum absolute atomic E-state index is 0.381. The minimum Gasteiger partial charge on any atom is -0.505 e. The van der Waals surface area contributed by atoms with E-state index in [0.717, 1.165) is 17.9 Å². The maximum atomic E-state index is 9.59. The maximum Gasteiger partial charge on any atom is 0.147 e. The molecule has 0 saturated carbocycles. The first-order valence-electron chi connectivity index (χ1n) is 3.28. The number of hydrogen-bond acceptors (Lipinski definition) is 3. The molecule has 0 fully saturated rings. The topological polar surface area (TPSA) is 20.2 Å². The third-order valence-corrected chi connectivity index (χ3v) is 4.00. The van der Waals surface area contributed by atoms with Crippen molar-refractivity contribution in [3.8, 4) is 5.75 Å². The van der Waals surface area contributed by atoms with E-state index in [1.54, 1.807) is 11.3 Å². The van der Waals surface area contributed by atoms with Crippen molar-refractivity contribution in [2.75, 3.05) is 0 Å². The summed E-state index contributed by atoms with van der Waals surface area (Å²) in [6.45, 7) is 0. The second-order valence-electron chi connectivity index (χ2n) is 2.40. The van der Waals surface area contributed by atoms with Gasteiger partial charge in [0, 0.05) is 15.0 Å². The lowest BCUT2D eigenvalue weighted by Gasteiger charge is -1.91. The van der Waals surface area contributed by atoms with Gasteiger partial charge in [-0.05, 0) is 40.8 Å². The molecule has 1 heterocycles. The molecule has 0 spiro atoms. The number of benzene rings is 1. The molecule has 2 aromatic rings. The molecule has 1 aromatic carbocycles. The van der Waals surface area contributed by atoms with Gasteiger partial charge in [-0.25, -0.2) is 0 Å². The van der Waals surface area contributed by atoms with Gasteiger partial charge in [0.15, 0.2) is 0 Å². The molecule has 0 amide bonds. The van der Waals surface area contributed by atoms with Gasteiger partial charge >= 0.3 is 0 Å². The fourth-order valence-corrected chi connectivity index (χ4v) is 3.05. The first-order chi connectivity index (χ1) is 5.68. The summed E-state index contributed by atoms with van der Waals surface area (Å²) in [5.41, 5.74) is 0. The Labute approximate surface area is 93.0 Å². The van der Waals surface area contributed by atoms with Gasteiger partial charge in [-0.2, -0.15) is 0 Å². The van der Waals surface area contributed by atoms with Crippen LogP contribution < -0.4 is 0 Å². The Morgan fingerprint density at radius 2 is 2.17 bits per heavy atom. The molecule has 4 heteroatoms. The lowest BCUT2D eigenvalue weighted by atomic mass is 10.2. The highest BCUT2D eigenvalue weighted by Crippen LogP contribution is 2.38. The van der Waals surface area contributed by atoms with Gasteiger partial charge in [0.2, 0.25) is 0 Å². The molecule has 0 saturated heterocycles. The summed E-state index contributed by atoms with van der Waals surface area (Å²) < 4.78 is 2.04. The molecule has 0 aliphatic rings. The van der Waals surface area contributed by atoms with Crippen LogP contribution in [-0.2, 0) is 0 Å². The Hall–Kier alpha value is 0.0600. The summed E-state index contributed by atoms with van der Waals surface area (Å²) in [4.78, 5) is 0.881. The molecular formula is C8H5IOS2. The summed E-state index contributed by atoms with van der Waals surface area (Å²) in [5, 5.41) is 10.5. The quantitative estimate of drug-likeness (QED) is 0.564. The molecule has 0 aliphatic heterocycles. The lowest BCUT2D eigenvalue weighted by Crippen LogP contribution is -1.65. The number of hydrogen-bond donors (Lipinski definition) is 2. The van der Waals surface area contributed by atoms with Crippen LogP contribution in [-0.4, -0.2) is 5.11 Å². The number of halogens is 1. The Morgan fingerprint density at radius 1 is 1.42 bits per heavy atom. The molecule has 1 nitrogen and oxygen atoms in total. The predicted molar refractivity (Wildman–Crippen MR) is 63.5 cm³/mol. The summed E-state index contributed by atoms with van der Waals surface area (Å²) in [6, 6.07) is 5.79. The second kappa shape index (κ2) is 3.08. The Balaban J connectivity index is 2.88. The van der Waals surface area contributed by atoms with Gasteiger partial charge in [-0.3, -0.25) is 0 Å². The molecule has 0 radical (unpaired) electrons. The van der Waals surface area contributed by atoms with Crippen LogP contribution in [0.15, 0.2) is 23.1 Å². The molecule has 2 rings (SSSR count).